The highest BCUT2D eigenvalue weighted by molar-refractivity contribution is 9.09. The molecule has 0 heterocycles. The molecule has 0 N–H and O–H groups in total. The van der Waals surface area contributed by atoms with Crippen molar-refractivity contribution in [1.29, 1.82) is 0 Å². The highest BCUT2D eigenvalue weighted by Crippen LogP contribution is 2.40. The first-order valence-corrected chi connectivity index (χ1v) is 7.78. The van der Waals surface area contributed by atoms with Crippen molar-refractivity contribution in [3.05, 3.63) is 63.2 Å². The Bertz CT molecular complexity index is 614. The van der Waals surface area contributed by atoms with E-state index in [0.717, 1.165) is 11.3 Å². The van der Waals surface area contributed by atoms with E-state index in [-0.39, 0.29) is 4.83 Å². The van der Waals surface area contributed by atoms with Crippen LogP contribution >= 0.6 is 27.5 Å². The van der Waals surface area contributed by atoms with Gasteiger partial charge in [-0.2, -0.15) is 0 Å². The third kappa shape index (κ3) is 3.02. The van der Waals surface area contributed by atoms with Gasteiger partial charge < -0.3 is 4.74 Å². The van der Waals surface area contributed by atoms with E-state index in [1.807, 2.05) is 18.2 Å². The zero-order valence-electron chi connectivity index (χ0n) is 12.1. The first-order chi connectivity index (χ1) is 9.43. The molecule has 0 aliphatic rings. The Balaban J connectivity index is 2.54. The lowest BCUT2D eigenvalue weighted by Crippen LogP contribution is -2.02. The highest BCUT2D eigenvalue weighted by Gasteiger charge is 2.19. The fourth-order valence-corrected chi connectivity index (χ4v) is 3.90. The molecule has 0 saturated heterocycles. The Kier molecular flexibility index (Phi) is 4.77. The largest absolute Gasteiger partial charge is 0.496 e. The van der Waals surface area contributed by atoms with E-state index in [1.54, 1.807) is 7.11 Å². The number of alkyl halides is 1. The van der Waals surface area contributed by atoms with Crippen LogP contribution in [0.4, 0.5) is 0 Å². The molecular formula is C17H18BrClO. The van der Waals surface area contributed by atoms with E-state index in [4.69, 9.17) is 16.3 Å². The Morgan fingerprint density at radius 3 is 2.20 bits per heavy atom. The predicted octanol–water partition coefficient (Wildman–Crippen LogP) is 5.76. The molecule has 0 bridgehead atoms. The summed E-state index contributed by atoms with van der Waals surface area (Å²) in [5.41, 5.74) is 6.22. The summed E-state index contributed by atoms with van der Waals surface area (Å²) in [5, 5.41) is 0.683. The summed E-state index contributed by atoms with van der Waals surface area (Å²) < 4.78 is 5.46. The molecule has 3 heteroatoms. The summed E-state index contributed by atoms with van der Waals surface area (Å²) in [6, 6.07) is 10.2. The van der Waals surface area contributed by atoms with Crippen LogP contribution in [0, 0.1) is 20.8 Å². The number of ether oxygens (including phenoxy) is 1. The van der Waals surface area contributed by atoms with Crippen molar-refractivity contribution in [2.24, 2.45) is 0 Å². The summed E-state index contributed by atoms with van der Waals surface area (Å²) in [6.07, 6.45) is 0. The zero-order chi connectivity index (χ0) is 14.9. The molecule has 20 heavy (non-hydrogen) atoms. The summed E-state index contributed by atoms with van der Waals surface area (Å²) in [5.74, 6) is 0.804. The number of benzene rings is 2. The molecule has 1 unspecified atom stereocenters. The van der Waals surface area contributed by atoms with Crippen molar-refractivity contribution in [2.45, 2.75) is 25.6 Å². The first kappa shape index (κ1) is 15.4. The molecule has 2 aromatic rings. The maximum absolute atomic E-state index is 6.03. The number of aryl methyl sites for hydroxylation is 3. The second-order valence-electron chi connectivity index (χ2n) is 5.06. The molecule has 2 rings (SSSR count). The topological polar surface area (TPSA) is 9.23 Å². The van der Waals surface area contributed by atoms with Gasteiger partial charge in [-0.15, -0.1) is 0 Å². The normalized spacial score (nSPS) is 12.3. The van der Waals surface area contributed by atoms with Crippen molar-refractivity contribution in [3.63, 3.8) is 0 Å². The zero-order valence-corrected chi connectivity index (χ0v) is 14.5. The van der Waals surface area contributed by atoms with E-state index >= 15 is 0 Å². The van der Waals surface area contributed by atoms with Crippen molar-refractivity contribution >= 4 is 27.5 Å². The molecule has 0 amide bonds. The lowest BCUT2D eigenvalue weighted by molar-refractivity contribution is 0.410. The number of methoxy groups -OCH3 is 1. The minimum absolute atomic E-state index is 0.0929. The molecule has 0 fully saturated rings. The van der Waals surface area contributed by atoms with Gasteiger partial charge in [0, 0.05) is 10.6 Å². The van der Waals surface area contributed by atoms with Gasteiger partial charge in [0.05, 0.1) is 11.9 Å². The molecule has 1 atom stereocenters. The third-order valence-electron chi connectivity index (χ3n) is 3.46. The van der Waals surface area contributed by atoms with Crippen LogP contribution in [-0.2, 0) is 0 Å². The van der Waals surface area contributed by atoms with Gasteiger partial charge in [0.25, 0.3) is 0 Å². The van der Waals surface area contributed by atoms with E-state index < -0.39 is 0 Å². The van der Waals surface area contributed by atoms with Crippen LogP contribution < -0.4 is 4.74 Å². The molecule has 0 aromatic heterocycles. The summed E-state index contributed by atoms with van der Waals surface area (Å²) in [6.45, 7) is 6.41. The van der Waals surface area contributed by atoms with Gasteiger partial charge in [-0.25, -0.2) is 0 Å². The van der Waals surface area contributed by atoms with E-state index in [9.17, 15) is 0 Å². The quantitative estimate of drug-likeness (QED) is 0.638. The van der Waals surface area contributed by atoms with Crippen LogP contribution in [0.1, 0.15) is 32.6 Å². The number of halogens is 2. The molecule has 0 aliphatic carbocycles. The van der Waals surface area contributed by atoms with E-state index in [2.05, 4.69) is 48.8 Å². The Morgan fingerprint density at radius 1 is 1.05 bits per heavy atom. The van der Waals surface area contributed by atoms with Crippen LogP contribution in [0.15, 0.2) is 30.3 Å². The van der Waals surface area contributed by atoms with Crippen molar-refractivity contribution in [1.82, 2.24) is 0 Å². The lowest BCUT2D eigenvalue weighted by atomic mass is 9.94. The fourth-order valence-electron chi connectivity index (χ4n) is 2.64. The average Bonchev–Trinajstić information content (AvgIpc) is 2.37. The van der Waals surface area contributed by atoms with Gasteiger partial charge in [-0.1, -0.05) is 51.3 Å². The highest BCUT2D eigenvalue weighted by atomic mass is 79.9. The molecule has 106 valence electrons. The standard InChI is InChI=1S/C17H18BrClO/c1-10-7-11(2)16(12(3)8-10)17(18)14-6-5-13(19)9-15(14)20-4/h5-9,17H,1-4H3. The molecule has 0 radical (unpaired) electrons. The van der Waals surface area contributed by atoms with Crippen LogP contribution in [0.5, 0.6) is 5.75 Å². The maximum atomic E-state index is 6.03. The smallest absolute Gasteiger partial charge is 0.125 e. The van der Waals surface area contributed by atoms with Gasteiger partial charge in [-0.05, 0) is 49.6 Å². The molecule has 0 spiro atoms. The van der Waals surface area contributed by atoms with Crippen LogP contribution in [0.3, 0.4) is 0 Å². The molecule has 0 saturated carbocycles. The van der Waals surface area contributed by atoms with Crippen LogP contribution in [0.2, 0.25) is 5.02 Å². The summed E-state index contributed by atoms with van der Waals surface area (Å²) >= 11 is 9.85. The Morgan fingerprint density at radius 2 is 1.65 bits per heavy atom. The molecule has 2 aromatic carbocycles. The SMILES string of the molecule is COc1cc(Cl)ccc1C(Br)c1c(C)cc(C)cc1C. The Hall–Kier alpha value is -0.990. The van der Waals surface area contributed by atoms with E-state index in [1.165, 1.54) is 22.3 Å². The Labute approximate surface area is 134 Å². The second kappa shape index (κ2) is 6.19. The maximum Gasteiger partial charge on any atom is 0.125 e. The molecule has 1 nitrogen and oxygen atoms in total. The summed E-state index contributed by atoms with van der Waals surface area (Å²) in [7, 11) is 1.67. The van der Waals surface area contributed by atoms with Crippen molar-refractivity contribution in [3.8, 4) is 5.75 Å². The van der Waals surface area contributed by atoms with Crippen molar-refractivity contribution < 1.29 is 4.74 Å². The first-order valence-electron chi connectivity index (χ1n) is 6.49. The predicted molar refractivity (Wildman–Crippen MR) is 89.4 cm³/mol. The van der Waals surface area contributed by atoms with E-state index in [0.29, 0.717) is 5.02 Å². The monoisotopic (exact) mass is 352 g/mol. The minimum Gasteiger partial charge on any atom is -0.496 e. The summed E-state index contributed by atoms with van der Waals surface area (Å²) in [4.78, 5) is 0.0929. The number of rotatable bonds is 3. The van der Waals surface area contributed by atoms with Gasteiger partial charge >= 0.3 is 0 Å². The van der Waals surface area contributed by atoms with Crippen molar-refractivity contribution in [2.75, 3.05) is 7.11 Å². The second-order valence-corrected chi connectivity index (χ2v) is 6.41. The van der Waals surface area contributed by atoms with Gasteiger partial charge in [0.2, 0.25) is 0 Å². The molecular weight excluding hydrogens is 336 g/mol. The minimum atomic E-state index is 0.0929. The van der Waals surface area contributed by atoms with Gasteiger partial charge in [-0.3, -0.25) is 0 Å². The fraction of sp³-hybridized carbons (Fsp3) is 0.294. The van der Waals surface area contributed by atoms with Gasteiger partial charge in [0.15, 0.2) is 0 Å². The molecule has 0 aliphatic heterocycles. The average molecular weight is 354 g/mol. The lowest BCUT2D eigenvalue weighted by Gasteiger charge is -2.19. The number of hydrogen-bond donors (Lipinski definition) is 0. The van der Waals surface area contributed by atoms with Gasteiger partial charge in [0.1, 0.15) is 5.75 Å². The van der Waals surface area contributed by atoms with Crippen LogP contribution in [0.25, 0.3) is 0 Å². The third-order valence-corrected chi connectivity index (χ3v) is 4.65. The number of hydrogen-bond acceptors (Lipinski definition) is 1. The van der Waals surface area contributed by atoms with Crippen LogP contribution in [-0.4, -0.2) is 7.11 Å².